The minimum absolute atomic E-state index is 0.202. The summed E-state index contributed by atoms with van der Waals surface area (Å²) in [5.74, 6) is -1.20. The molecule has 3 aromatic rings. The zero-order chi connectivity index (χ0) is 15.9. The Kier molecular flexibility index (Phi) is 3.54. The van der Waals surface area contributed by atoms with Gasteiger partial charge in [0.1, 0.15) is 5.56 Å². The van der Waals surface area contributed by atoms with Gasteiger partial charge in [0, 0.05) is 29.1 Å². The molecule has 6 heteroatoms. The van der Waals surface area contributed by atoms with E-state index in [1.807, 2.05) is 31.4 Å². The maximum Gasteiger partial charge on any atom is 0.341 e. The lowest BCUT2D eigenvalue weighted by Crippen LogP contribution is -2.18. The number of hydrogen-bond acceptors (Lipinski definition) is 4. The van der Waals surface area contributed by atoms with E-state index in [0.717, 1.165) is 21.8 Å². The molecule has 3 rings (SSSR count). The fraction of sp³-hybridized carbons (Fsp3) is 0.188. The Balaban J connectivity index is 2.30. The van der Waals surface area contributed by atoms with Gasteiger partial charge in [0.2, 0.25) is 5.43 Å². The molecule has 5 nitrogen and oxygen atoms in total. The predicted octanol–water partition coefficient (Wildman–Crippen LogP) is 3.15. The van der Waals surface area contributed by atoms with E-state index in [4.69, 9.17) is 5.11 Å². The van der Waals surface area contributed by atoms with Crippen LogP contribution >= 0.6 is 11.3 Å². The Labute approximate surface area is 130 Å². The molecule has 2 aromatic heterocycles. The molecular weight excluding hydrogens is 300 g/mol. The van der Waals surface area contributed by atoms with Gasteiger partial charge < -0.3 is 9.67 Å². The second kappa shape index (κ2) is 5.38. The van der Waals surface area contributed by atoms with Crippen LogP contribution in [0.15, 0.2) is 34.6 Å². The summed E-state index contributed by atoms with van der Waals surface area (Å²) in [7, 11) is 0. The van der Waals surface area contributed by atoms with Crippen LogP contribution in [0, 0.1) is 6.92 Å². The molecule has 0 saturated carbocycles. The molecule has 0 aliphatic heterocycles. The second-order valence-corrected chi connectivity index (χ2v) is 6.01. The molecule has 112 valence electrons. The smallest absolute Gasteiger partial charge is 0.341 e. The van der Waals surface area contributed by atoms with Crippen molar-refractivity contribution in [2.24, 2.45) is 0 Å². The first-order valence-corrected chi connectivity index (χ1v) is 7.72. The van der Waals surface area contributed by atoms with E-state index < -0.39 is 11.4 Å². The molecule has 0 amide bonds. The number of pyridine rings is 1. The number of aromatic carboxylic acids is 1. The molecule has 22 heavy (non-hydrogen) atoms. The van der Waals surface area contributed by atoms with Crippen molar-refractivity contribution >= 4 is 28.2 Å². The number of rotatable bonds is 3. The van der Waals surface area contributed by atoms with Crippen LogP contribution in [0.25, 0.3) is 22.2 Å². The summed E-state index contributed by atoms with van der Waals surface area (Å²) in [6, 6.07) is 5.38. The van der Waals surface area contributed by atoms with Gasteiger partial charge in [-0.25, -0.2) is 9.78 Å². The molecule has 2 heterocycles. The number of carboxylic acid groups (broad SMARTS) is 1. The van der Waals surface area contributed by atoms with E-state index in [1.54, 1.807) is 22.0 Å². The van der Waals surface area contributed by atoms with Crippen molar-refractivity contribution in [3.8, 4) is 11.3 Å². The molecule has 0 atom stereocenters. The largest absolute Gasteiger partial charge is 0.477 e. The zero-order valence-electron chi connectivity index (χ0n) is 12.2. The number of benzene rings is 1. The van der Waals surface area contributed by atoms with Gasteiger partial charge in [-0.15, -0.1) is 11.3 Å². The Morgan fingerprint density at radius 1 is 1.41 bits per heavy atom. The van der Waals surface area contributed by atoms with E-state index >= 15 is 0 Å². The molecule has 0 unspecified atom stereocenters. The summed E-state index contributed by atoms with van der Waals surface area (Å²) >= 11 is 1.57. The predicted molar refractivity (Wildman–Crippen MR) is 86.7 cm³/mol. The highest BCUT2D eigenvalue weighted by molar-refractivity contribution is 7.09. The Hall–Kier alpha value is -2.47. The van der Waals surface area contributed by atoms with E-state index in [1.165, 1.54) is 6.20 Å². The lowest BCUT2D eigenvalue weighted by molar-refractivity contribution is 0.0695. The Morgan fingerprint density at radius 2 is 2.18 bits per heavy atom. The number of hydrogen-bond donors (Lipinski definition) is 1. The number of carbonyl (C=O) groups is 1. The molecule has 0 bridgehead atoms. The van der Waals surface area contributed by atoms with Crippen LogP contribution in [0.2, 0.25) is 0 Å². The van der Waals surface area contributed by atoms with Gasteiger partial charge in [-0.1, -0.05) is 6.07 Å². The zero-order valence-corrected chi connectivity index (χ0v) is 13.0. The average molecular weight is 314 g/mol. The minimum Gasteiger partial charge on any atom is -0.477 e. The summed E-state index contributed by atoms with van der Waals surface area (Å²) in [4.78, 5) is 27.9. The topological polar surface area (TPSA) is 72.2 Å². The highest BCUT2D eigenvalue weighted by Gasteiger charge is 2.15. The molecule has 0 aliphatic carbocycles. The fourth-order valence-corrected chi connectivity index (χ4v) is 3.08. The number of aryl methyl sites for hydroxylation is 2. The van der Waals surface area contributed by atoms with Crippen molar-refractivity contribution in [2.45, 2.75) is 20.4 Å². The van der Waals surface area contributed by atoms with Crippen LogP contribution in [-0.2, 0) is 6.54 Å². The summed E-state index contributed by atoms with van der Waals surface area (Å²) in [6.07, 6.45) is 1.41. The molecule has 1 aromatic carbocycles. The van der Waals surface area contributed by atoms with E-state index in [9.17, 15) is 9.59 Å². The first-order chi connectivity index (χ1) is 10.5. The maximum absolute atomic E-state index is 12.3. The molecular formula is C16H14N2O3S. The highest BCUT2D eigenvalue weighted by atomic mass is 32.1. The Morgan fingerprint density at radius 3 is 2.77 bits per heavy atom. The van der Waals surface area contributed by atoms with E-state index in [2.05, 4.69) is 4.98 Å². The average Bonchev–Trinajstić information content (AvgIpc) is 2.93. The minimum atomic E-state index is -1.20. The third kappa shape index (κ3) is 2.31. The van der Waals surface area contributed by atoms with Gasteiger partial charge in [0.05, 0.1) is 16.2 Å². The van der Waals surface area contributed by atoms with Gasteiger partial charge >= 0.3 is 5.97 Å². The monoisotopic (exact) mass is 314 g/mol. The standard InChI is InChI=1S/C16H14N2O3S/c1-3-18-7-12(16(20)21)15(19)11-5-4-10(6-14(11)18)13-8-22-9(2)17-13/h4-8H,3H2,1-2H3,(H,20,21). The van der Waals surface area contributed by atoms with Crippen molar-refractivity contribution in [3.63, 3.8) is 0 Å². The summed E-state index contributed by atoms with van der Waals surface area (Å²) in [5.41, 5.74) is 1.85. The van der Waals surface area contributed by atoms with Crippen molar-refractivity contribution in [1.29, 1.82) is 0 Å². The van der Waals surface area contributed by atoms with Crippen molar-refractivity contribution < 1.29 is 9.90 Å². The van der Waals surface area contributed by atoms with E-state index in [-0.39, 0.29) is 5.56 Å². The van der Waals surface area contributed by atoms with Gasteiger partial charge in [0.15, 0.2) is 0 Å². The molecule has 1 N–H and O–H groups in total. The maximum atomic E-state index is 12.3. The van der Waals surface area contributed by atoms with Crippen LogP contribution in [0.5, 0.6) is 0 Å². The first kappa shape index (κ1) is 14.5. The first-order valence-electron chi connectivity index (χ1n) is 6.84. The number of carboxylic acids is 1. The van der Waals surface area contributed by atoms with Crippen molar-refractivity contribution in [2.75, 3.05) is 0 Å². The molecule has 0 aliphatic rings. The molecule has 0 radical (unpaired) electrons. The van der Waals surface area contributed by atoms with E-state index in [0.29, 0.717) is 11.9 Å². The number of nitrogens with zero attached hydrogens (tertiary/aromatic N) is 2. The second-order valence-electron chi connectivity index (χ2n) is 4.95. The summed E-state index contributed by atoms with van der Waals surface area (Å²) in [5, 5.41) is 12.5. The van der Waals surface area contributed by atoms with Gasteiger partial charge in [-0.2, -0.15) is 0 Å². The summed E-state index contributed by atoms with van der Waals surface area (Å²) < 4.78 is 1.78. The lowest BCUT2D eigenvalue weighted by Gasteiger charge is -2.11. The fourth-order valence-electron chi connectivity index (χ4n) is 2.46. The highest BCUT2D eigenvalue weighted by Crippen LogP contribution is 2.25. The molecule has 0 spiro atoms. The van der Waals surface area contributed by atoms with Crippen LogP contribution in [-0.4, -0.2) is 20.6 Å². The SMILES string of the molecule is CCn1cc(C(=O)O)c(=O)c2ccc(-c3csc(C)n3)cc21. The molecule has 0 fully saturated rings. The quantitative estimate of drug-likeness (QED) is 0.806. The number of aromatic nitrogens is 2. The Bertz CT molecular complexity index is 940. The normalized spacial score (nSPS) is 11.0. The summed E-state index contributed by atoms with van der Waals surface area (Å²) in [6.45, 7) is 4.43. The van der Waals surface area contributed by atoms with Gasteiger partial charge in [-0.05, 0) is 26.0 Å². The van der Waals surface area contributed by atoms with Crippen molar-refractivity contribution in [1.82, 2.24) is 9.55 Å². The third-order valence-corrected chi connectivity index (χ3v) is 4.34. The third-order valence-electron chi connectivity index (χ3n) is 3.57. The number of fused-ring (bicyclic) bond motifs is 1. The van der Waals surface area contributed by atoms with Crippen LogP contribution in [0.1, 0.15) is 22.3 Å². The van der Waals surface area contributed by atoms with Crippen LogP contribution in [0.4, 0.5) is 0 Å². The lowest BCUT2D eigenvalue weighted by atomic mass is 10.1. The molecule has 0 saturated heterocycles. The van der Waals surface area contributed by atoms with Crippen molar-refractivity contribution in [3.05, 3.63) is 50.6 Å². The van der Waals surface area contributed by atoms with Crippen LogP contribution < -0.4 is 5.43 Å². The number of thiazole rings is 1. The van der Waals surface area contributed by atoms with Crippen LogP contribution in [0.3, 0.4) is 0 Å². The van der Waals surface area contributed by atoms with Gasteiger partial charge in [-0.3, -0.25) is 4.79 Å². The van der Waals surface area contributed by atoms with Gasteiger partial charge in [0.25, 0.3) is 0 Å².